The highest BCUT2D eigenvalue weighted by Crippen LogP contribution is 2.25. The molecule has 19 heavy (non-hydrogen) atoms. The van der Waals surface area contributed by atoms with E-state index in [2.05, 4.69) is 21.1 Å². The zero-order valence-corrected chi connectivity index (χ0v) is 13.1. The van der Waals surface area contributed by atoms with Crippen molar-refractivity contribution < 1.29 is 19.2 Å². The monoisotopic (exact) mass is 353 g/mol. The second-order valence-corrected chi connectivity index (χ2v) is 5.37. The average molecular weight is 355 g/mol. The lowest BCUT2D eigenvalue weighted by atomic mass is 9.97. The normalized spacial score (nSPS) is 23.8. The molecule has 1 aliphatic carbocycles. The van der Waals surface area contributed by atoms with Crippen LogP contribution in [0.15, 0.2) is 5.16 Å². The third kappa shape index (κ3) is 5.48. The van der Waals surface area contributed by atoms with Gasteiger partial charge in [0.05, 0.1) is 11.9 Å². The Hall–Kier alpha value is -0.620. The predicted octanol–water partition coefficient (Wildman–Crippen LogP) is 2.44. The molecule has 1 rings (SSSR count). The fraction of sp³-hybridized carbons (Fsp3) is 0.750. The minimum absolute atomic E-state index is 0.00241. The Morgan fingerprint density at radius 3 is 2.47 bits per heavy atom. The summed E-state index contributed by atoms with van der Waals surface area (Å²) >= 11 is 8.98. The number of hydrogen-bond acceptors (Lipinski definition) is 5. The van der Waals surface area contributed by atoms with E-state index < -0.39 is 11.8 Å². The molecule has 0 atom stereocenters. The number of Topliss-reactive ketones (excluding diaryl/α,β-unsaturated/α-hetero) is 1. The van der Waals surface area contributed by atoms with E-state index >= 15 is 0 Å². The molecule has 0 spiro atoms. The summed E-state index contributed by atoms with van der Waals surface area (Å²) in [6, 6.07) is 0. The summed E-state index contributed by atoms with van der Waals surface area (Å²) < 4.78 is 4.77. The van der Waals surface area contributed by atoms with Crippen LogP contribution in [0, 0.1) is 0 Å². The van der Waals surface area contributed by atoms with Crippen LogP contribution in [0.3, 0.4) is 0 Å². The Balaban J connectivity index is 2.61. The summed E-state index contributed by atoms with van der Waals surface area (Å²) in [7, 11) is 0. The van der Waals surface area contributed by atoms with Crippen molar-refractivity contribution in [1.82, 2.24) is 0 Å². The third-order valence-corrected chi connectivity index (χ3v) is 3.70. The minimum Gasteiger partial charge on any atom is -0.461 e. The summed E-state index contributed by atoms with van der Waals surface area (Å²) in [5, 5.41) is 3.86. The summed E-state index contributed by atoms with van der Waals surface area (Å²) in [5.41, 5.74) is -0.299. The van der Waals surface area contributed by atoms with E-state index in [9.17, 15) is 9.59 Å². The molecule has 0 saturated heterocycles. The summed E-state index contributed by atoms with van der Waals surface area (Å²) in [6.45, 7) is 1.85. The number of ketones is 1. The molecule has 5 nitrogen and oxygen atoms in total. The van der Waals surface area contributed by atoms with Gasteiger partial charge in [-0.2, -0.15) is 0 Å². The molecule has 0 radical (unpaired) electrons. The Labute approximate surface area is 125 Å². The van der Waals surface area contributed by atoms with E-state index in [0.29, 0.717) is 0 Å². The van der Waals surface area contributed by atoms with Crippen molar-refractivity contribution in [2.75, 3.05) is 11.9 Å². The molecule has 0 aromatic rings. The van der Waals surface area contributed by atoms with Gasteiger partial charge < -0.3 is 9.57 Å². The first-order chi connectivity index (χ1) is 9.08. The highest BCUT2D eigenvalue weighted by Gasteiger charge is 2.24. The highest BCUT2D eigenvalue weighted by atomic mass is 79.9. The quantitative estimate of drug-likeness (QED) is 0.242. The summed E-state index contributed by atoms with van der Waals surface area (Å²) in [5.74, 6) is -1.21. The molecule has 1 aliphatic rings. The molecule has 0 bridgehead atoms. The third-order valence-electron chi connectivity index (χ3n) is 2.75. The van der Waals surface area contributed by atoms with E-state index in [1.807, 2.05) is 0 Å². The molecule has 0 amide bonds. The maximum Gasteiger partial charge on any atom is 0.364 e. The van der Waals surface area contributed by atoms with Gasteiger partial charge in [0.2, 0.25) is 11.5 Å². The van der Waals surface area contributed by atoms with Crippen molar-refractivity contribution in [2.45, 2.75) is 44.1 Å². The van der Waals surface area contributed by atoms with Crippen molar-refractivity contribution in [1.29, 1.82) is 0 Å². The standard InChI is InChI=1S/C12H17BrClNO4/c1-2-18-12(17)11(10(16)7-13)15-19-9-5-3-8(14)4-6-9/h8-9H,2-7H2,1H3. The minimum atomic E-state index is -0.752. The van der Waals surface area contributed by atoms with Crippen molar-refractivity contribution in [3.05, 3.63) is 0 Å². The zero-order valence-electron chi connectivity index (χ0n) is 10.7. The fourth-order valence-electron chi connectivity index (χ4n) is 1.72. The number of halogens is 2. The maximum absolute atomic E-state index is 11.6. The van der Waals surface area contributed by atoms with Gasteiger partial charge in [-0.25, -0.2) is 4.79 Å². The van der Waals surface area contributed by atoms with Crippen molar-refractivity contribution >= 4 is 45.0 Å². The molecule has 0 heterocycles. The molecule has 1 fully saturated rings. The molecule has 7 heteroatoms. The predicted molar refractivity (Wildman–Crippen MR) is 75.9 cm³/mol. The van der Waals surface area contributed by atoms with E-state index in [1.165, 1.54) is 0 Å². The Bertz CT molecular complexity index is 354. The van der Waals surface area contributed by atoms with Crippen molar-refractivity contribution in [3.63, 3.8) is 0 Å². The van der Waals surface area contributed by atoms with Crippen molar-refractivity contribution in [2.24, 2.45) is 5.16 Å². The van der Waals surface area contributed by atoms with Gasteiger partial charge in [0, 0.05) is 5.38 Å². The number of carbonyl (C=O) groups is 2. The van der Waals surface area contributed by atoms with Crippen LogP contribution in [0.2, 0.25) is 0 Å². The first-order valence-electron chi connectivity index (χ1n) is 6.22. The molecule has 0 aliphatic heterocycles. The smallest absolute Gasteiger partial charge is 0.364 e. The van der Waals surface area contributed by atoms with E-state index in [-0.39, 0.29) is 29.1 Å². The number of nitrogens with zero attached hydrogens (tertiary/aromatic N) is 1. The van der Waals surface area contributed by atoms with Gasteiger partial charge in [0.15, 0.2) is 0 Å². The van der Waals surface area contributed by atoms with Crippen LogP contribution in [0.25, 0.3) is 0 Å². The number of carbonyl (C=O) groups excluding carboxylic acids is 2. The average Bonchev–Trinajstić information content (AvgIpc) is 2.41. The van der Waals surface area contributed by atoms with Gasteiger partial charge in [0.1, 0.15) is 6.10 Å². The van der Waals surface area contributed by atoms with E-state index in [1.54, 1.807) is 6.92 Å². The largest absolute Gasteiger partial charge is 0.461 e. The molecule has 1 saturated carbocycles. The first kappa shape index (κ1) is 16.4. The van der Waals surface area contributed by atoms with E-state index in [0.717, 1.165) is 25.7 Å². The molecule has 108 valence electrons. The van der Waals surface area contributed by atoms with Gasteiger partial charge in [-0.15, -0.1) is 11.6 Å². The molecular formula is C12H17BrClNO4. The Kier molecular flexibility index (Phi) is 7.38. The van der Waals surface area contributed by atoms with Crippen LogP contribution < -0.4 is 0 Å². The molecule has 0 unspecified atom stereocenters. The van der Waals surface area contributed by atoms with Gasteiger partial charge in [-0.1, -0.05) is 21.1 Å². The van der Waals surface area contributed by atoms with Gasteiger partial charge >= 0.3 is 5.97 Å². The number of alkyl halides is 2. The zero-order chi connectivity index (χ0) is 14.3. The number of hydrogen-bond donors (Lipinski definition) is 0. The number of ether oxygens (including phenoxy) is 1. The second-order valence-electron chi connectivity index (χ2n) is 4.20. The molecule has 0 aromatic heterocycles. The van der Waals surface area contributed by atoms with Crippen LogP contribution in [-0.2, 0) is 19.2 Å². The summed E-state index contributed by atoms with van der Waals surface area (Å²) in [6.07, 6.45) is 3.15. The topological polar surface area (TPSA) is 65.0 Å². The Morgan fingerprint density at radius 1 is 1.32 bits per heavy atom. The number of oxime groups is 1. The Morgan fingerprint density at radius 2 is 1.95 bits per heavy atom. The van der Waals surface area contributed by atoms with Crippen LogP contribution >= 0.6 is 27.5 Å². The lowest BCUT2D eigenvalue weighted by Crippen LogP contribution is -2.29. The maximum atomic E-state index is 11.6. The van der Waals surface area contributed by atoms with Crippen LogP contribution in [0.1, 0.15) is 32.6 Å². The SMILES string of the molecule is CCOC(=O)C(=NOC1CCC(Cl)CC1)C(=O)CBr. The van der Waals surface area contributed by atoms with Crippen LogP contribution in [-0.4, -0.2) is 40.9 Å². The molecule has 0 aromatic carbocycles. The van der Waals surface area contributed by atoms with Crippen LogP contribution in [0.4, 0.5) is 0 Å². The first-order valence-corrected chi connectivity index (χ1v) is 7.78. The van der Waals surface area contributed by atoms with E-state index in [4.69, 9.17) is 21.2 Å². The fourth-order valence-corrected chi connectivity index (χ4v) is 2.24. The summed E-state index contributed by atoms with van der Waals surface area (Å²) in [4.78, 5) is 28.4. The molecular weight excluding hydrogens is 337 g/mol. The number of rotatable bonds is 6. The van der Waals surface area contributed by atoms with Gasteiger partial charge in [-0.05, 0) is 32.6 Å². The lowest BCUT2D eigenvalue weighted by Gasteiger charge is -2.23. The lowest BCUT2D eigenvalue weighted by molar-refractivity contribution is -0.136. The highest BCUT2D eigenvalue weighted by molar-refractivity contribution is 9.09. The van der Waals surface area contributed by atoms with Crippen LogP contribution in [0.5, 0.6) is 0 Å². The van der Waals surface area contributed by atoms with Crippen molar-refractivity contribution in [3.8, 4) is 0 Å². The van der Waals surface area contributed by atoms with Gasteiger partial charge in [0.25, 0.3) is 0 Å². The number of esters is 1. The molecule has 0 N–H and O–H groups in total. The van der Waals surface area contributed by atoms with Gasteiger partial charge in [-0.3, -0.25) is 4.79 Å². The second kappa shape index (κ2) is 8.53.